The maximum Gasteiger partial charge on any atom is 0.348 e. The van der Waals surface area contributed by atoms with Gasteiger partial charge in [0.15, 0.2) is 0 Å². The Kier molecular flexibility index (Phi) is 8.10. The fraction of sp³-hybridized carbons (Fsp3) is 0.241. The van der Waals surface area contributed by atoms with Crippen molar-refractivity contribution in [2.45, 2.75) is 40.2 Å². The number of rotatable bonds is 6. The van der Waals surface area contributed by atoms with Crippen molar-refractivity contribution in [2.24, 2.45) is 0 Å². The van der Waals surface area contributed by atoms with E-state index >= 15 is 0 Å². The summed E-state index contributed by atoms with van der Waals surface area (Å²) in [5, 5.41) is 10.4. The highest BCUT2D eigenvalue weighted by atomic mass is 16.5. The summed E-state index contributed by atoms with van der Waals surface area (Å²) < 4.78 is 7.25. The number of nitrogens with zero attached hydrogens (tertiary/aromatic N) is 2. The van der Waals surface area contributed by atoms with Gasteiger partial charge in [-0.25, -0.2) is 4.79 Å². The van der Waals surface area contributed by atoms with Crippen LogP contribution in [0.4, 0.5) is 0 Å². The monoisotopic (exact) mass is 454 g/mol. The van der Waals surface area contributed by atoms with Crippen molar-refractivity contribution in [3.05, 3.63) is 88.3 Å². The van der Waals surface area contributed by atoms with Crippen LogP contribution in [-0.2, 0) is 6.54 Å². The van der Waals surface area contributed by atoms with Gasteiger partial charge in [-0.05, 0) is 47.4 Å². The molecule has 1 N–H and O–H groups in total. The number of ether oxygens (including phenoxy) is 1. The number of aromatic hydroxyl groups is 1. The molecule has 174 valence electrons. The maximum absolute atomic E-state index is 13.1. The normalized spacial score (nSPS) is 10.5. The van der Waals surface area contributed by atoms with Crippen LogP contribution in [0, 0.1) is 12.3 Å². The largest absolute Gasteiger partial charge is 0.508 e. The van der Waals surface area contributed by atoms with Gasteiger partial charge in [0.1, 0.15) is 18.1 Å². The molecule has 3 aromatic carbocycles. The molecule has 4 aromatic rings. The third kappa shape index (κ3) is 5.47. The van der Waals surface area contributed by atoms with Crippen LogP contribution >= 0.6 is 0 Å². The van der Waals surface area contributed by atoms with Crippen molar-refractivity contribution < 1.29 is 9.84 Å². The lowest BCUT2D eigenvalue weighted by Gasteiger charge is -2.15. The first kappa shape index (κ1) is 24.6. The topological polar surface area (TPSA) is 64.3 Å². The Morgan fingerprint density at radius 3 is 2.32 bits per heavy atom. The van der Waals surface area contributed by atoms with E-state index in [2.05, 4.69) is 36.9 Å². The van der Waals surface area contributed by atoms with Gasteiger partial charge >= 0.3 is 5.69 Å². The summed E-state index contributed by atoms with van der Waals surface area (Å²) in [4.78, 5) is 17.5. The van der Waals surface area contributed by atoms with Gasteiger partial charge in [-0.15, -0.1) is 6.42 Å². The molecule has 1 aromatic heterocycles. The molecule has 0 spiro atoms. The molecular weight excluding hydrogens is 424 g/mol. The number of phenols is 1. The molecule has 5 heteroatoms. The van der Waals surface area contributed by atoms with Crippen molar-refractivity contribution in [3.63, 3.8) is 0 Å². The van der Waals surface area contributed by atoms with Crippen LogP contribution in [-0.4, -0.2) is 21.3 Å². The number of phenolic OH excluding ortho intramolecular Hbond substituents is 1. The SMILES string of the molecule is C#CCOc1ccc2c(c1)c(-c1ccc(C(C)C)cc1)nc(=O)n2Cc1ccc(O)cc1.CC. The van der Waals surface area contributed by atoms with Crippen LogP contribution in [0.5, 0.6) is 11.5 Å². The summed E-state index contributed by atoms with van der Waals surface area (Å²) in [6, 6.07) is 20.4. The van der Waals surface area contributed by atoms with Crippen LogP contribution in [0.2, 0.25) is 0 Å². The Bertz CT molecular complexity index is 1350. The predicted octanol–water partition coefficient (Wildman–Crippen LogP) is 5.98. The number of hydrogen-bond donors (Lipinski definition) is 1. The van der Waals surface area contributed by atoms with Crippen LogP contribution in [0.1, 0.15) is 44.7 Å². The second-order valence-electron chi connectivity index (χ2n) is 7.94. The van der Waals surface area contributed by atoms with Crippen LogP contribution < -0.4 is 10.4 Å². The zero-order valence-electron chi connectivity index (χ0n) is 20.1. The number of benzene rings is 3. The molecule has 34 heavy (non-hydrogen) atoms. The molecule has 4 rings (SSSR count). The van der Waals surface area contributed by atoms with Gasteiger partial charge < -0.3 is 9.84 Å². The molecule has 0 aliphatic rings. The molecule has 0 saturated heterocycles. The van der Waals surface area contributed by atoms with E-state index in [1.165, 1.54) is 5.56 Å². The van der Waals surface area contributed by atoms with E-state index in [-0.39, 0.29) is 18.0 Å². The van der Waals surface area contributed by atoms with Crippen LogP contribution in [0.25, 0.3) is 22.2 Å². The summed E-state index contributed by atoms with van der Waals surface area (Å²) in [5.41, 5.74) is 3.97. The molecule has 0 amide bonds. The third-order valence-electron chi connectivity index (χ3n) is 5.40. The maximum atomic E-state index is 13.1. The van der Waals surface area contributed by atoms with Crippen molar-refractivity contribution in [1.29, 1.82) is 0 Å². The Balaban J connectivity index is 0.00000158. The van der Waals surface area contributed by atoms with Gasteiger partial charge in [-0.2, -0.15) is 4.98 Å². The molecule has 0 bridgehead atoms. The zero-order chi connectivity index (χ0) is 24.7. The third-order valence-corrected chi connectivity index (χ3v) is 5.40. The summed E-state index contributed by atoms with van der Waals surface area (Å²) >= 11 is 0. The van der Waals surface area contributed by atoms with E-state index in [4.69, 9.17) is 11.2 Å². The Morgan fingerprint density at radius 1 is 1.03 bits per heavy atom. The molecule has 0 aliphatic heterocycles. The van der Waals surface area contributed by atoms with Crippen molar-refractivity contribution in [3.8, 4) is 35.1 Å². The molecule has 0 atom stereocenters. The lowest BCUT2D eigenvalue weighted by atomic mass is 9.99. The summed E-state index contributed by atoms with van der Waals surface area (Å²) in [5.74, 6) is 3.68. The van der Waals surface area contributed by atoms with Crippen molar-refractivity contribution in [2.75, 3.05) is 6.61 Å². The number of fused-ring (bicyclic) bond motifs is 1. The fourth-order valence-corrected chi connectivity index (χ4v) is 3.66. The second-order valence-corrected chi connectivity index (χ2v) is 7.94. The minimum Gasteiger partial charge on any atom is -0.508 e. The molecular formula is C29H30N2O3. The zero-order valence-corrected chi connectivity index (χ0v) is 20.1. The molecule has 0 unspecified atom stereocenters. The Morgan fingerprint density at radius 2 is 1.71 bits per heavy atom. The van der Waals surface area contributed by atoms with E-state index < -0.39 is 0 Å². The van der Waals surface area contributed by atoms with Crippen LogP contribution in [0.3, 0.4) is 0 Å². The van der Waals surface area contributed by atoms with E-state index in [0.29, 0.717) is 23.9 Å². The molecule has 0 aliphatic carbocycles. The summed E-state index contributed by atoms with van der Waals surface area (Å²) in [6.07, 6.45) is 5.34. The van der Waals surface area contributed by atoms with Gasteiger partial charge in [0.05, 0.1) is 17.8 Å². The summed E-state index contributed by atoms with van der Waals surface area (Å²) in [7, 11) is 0. The molecule has 0 fully saturated rings. The lowest BCUT2D eigenvalue weighted by Crippen LogP contribution is -2.24. The Hall–Kier alpha value is -4.04. The van der Waals surface area contributed by atoms with Gasteiger partial charge in [0.2, 0.25) is 0 Å². The van der Waals surface area contributed by atoms with Crippen molar-refractivity contribution >= 4 is 10.9 Å². The molecule has 0 radical (unpaired) electrons. The van der Waals surface area contributed by atoms with Crippen LogP contribution in [0.15, 0.2) is 71.5 Å². The first-order chi connectivity index (χ1) is 16.5. The highest BCUT2D eigenvalue weighted by Crippen LogP contribution is 2.30. The number of aromatic nitrogens is 2. The molecule has 5 nitrogen and oxygen atoms in total. The van der Waals surface area contributed by atoms with Crippen molar-refractivity contribution in [1.82, 2.24) is 9.55 Å². The smallest absolute Gasteiger partial charge is 0.348 e. The quantitative estimate of drug-likeness (QED) is 0.364. The predicted molar refractivity (Wildman–Crippen MR) is 138 cm³/mol. The highest BCUT2D eigenvalue weighted by molar-refractivity contribution is 5.93. The standard InChI is InChI=1S/C27H24N2O3.C2H6/c1-4-15-32-23-13-14-25-24(16-23)26(21-9-7-20(8-10-21)18(2)3)28-27(31)29(25)17-19-5-11-22(30)12-6-19;1-2/h1,5-14,16,18,30H,15,17H2,2-3H3;1-2H3. The van der Waals surface area contributed by atoms with E-state index in [9.17, 15) is 9.90 Å². The minimum atomic E-state index is -0.342. The number of hydrogen-bond acceptors (Lipinski definition) is 4. The van der Waals surface area contributed by atoms with E-state index in [1.807, 2.05) is 38.1 Å². The van der Waals surface area contributed by atoms with E-state index in [1.54, 1.807) is 34.9 Å². The molecule has 0 saturated carbocycles. The van der Waals surface area contributed by atoms with Gasteiger partial charge in [0.25, 0.3) is 0 Å². The fourth-order valence-electron chi connectivity index (χ4n) is 3.66. The Labute approximate surface area is 200 Å². The number of terminal acetylenes is 1. The first-order valence-corrected chi connectivity index (χ1v) is 11.5. The second kappa shape index (κ2) is 11.2. The van der Waals surface area contributed by atoms with Gasteiger partial charge in [-0.1, -0.05) is 70.0 Å². The average Bonchev–Trinajstić information content (AvgIpc) is 2.86. The lowest BCUT2D eigenvalue weighted by molar-refractivity contribution is 0.371. The van der Waals surface area contributed by atoms with Gasteiger partial charge in [0, 0.05) is 10.9 Å². The summed E-state index contributed by atoms with van der Waals surface area (Å²) in [6.45, 7) is 8.77. The minimum absolute atomic E-state index is 0.157. The van der Waals surface area contributed by atoms with Gasteiger partial charge in [-0.3, -0.25) is 4.57 Å². The highest BCUT2D eigenvalue weighted by Gasteiger charge is 2.14. The average molecular weight is 455 g/mol. The first-order valence-electron chi connectivity index (χ1n) is 11.5. The van der Waals surface area contributed by atoms with E-state index in [0.717, 1.165) is 22.0 Å². The molecule has 1 heterocycles.